The van der Waals surface area contributed by atoms with Gasteiger partial charge in [0.2, 0.25) is 5.91 Å². The average Bonchev–Trinajstić information content (AvgIpc) is 3.03. The van der Waals surface area contributed by atoms with E-state index in [1.54, 1.807) is 6.07 Å². The summed E-state index contributed by atoms with van der Waals surface area (Å²) >= 11 is 7.44. The third-order valence-corrected chi connectivity index (χ3v) is 5.06. The number of carboxylic acid groups (broad SMARTS) is 1. The number of nitrogens with one attached hydrogen (secondary N) is 1. The van der Waals surface area contributed by atoms with Gasteiger partial charge in [-0.15, -0.1) is 11.3 Å². The summed E-state index contributed by atoms with van der Waals surface area (Å²) in [4.78, 5) is 28.1. The van der Waals surface area contributed by atoms with E-state index in [0.29, 0.717) is 28.7 Å². The minimum absolute atomic E-state index is 0.313. The number of carbonyl (C=O) groups excluding carboxylic acids is 1. The summed E-state index contributed by atoms with van der Waals surface area (Å²) in [7, 11) is 0. The highest BCUT2D eigenvalue weighted by Crippen LogP contribution is 2.32. The molecule has 2 aromatic rings. The van der Waals surface area contributed by atoms with E-state index in [1.807, 2.05) is 35.7 Å². The number of rotatable bonds is 4. The molecule has 124 valence electrons. The number of hydrogen-bond acceptors (Lipinski definition) is 4. The molecular weight excluding hydrogens is 348 g/mol. The Morgan fingerprint density at radius 1 is 1.21 bits per heavy atom. The number of allylic oxidation sites excluding steroid dienone is 2. The molecule has 1 aromatic carbocycles. The zero-order chi connectivity index (χ0) is 17.1. The van der Waals surface area contributed by atoms with Crippen molar-refractivity contribution in [2.45, 2.75) is 12.8 Å². The van der Waals surface area contributed by atoms with Crippen LogP contribution in [0.1, 0.15) is 12.8 Å². The second-order valence-corrected chi connectivity index (χ2v) is 6.77. The Hall–Kier alpha value is -2.18. The van der Waals surface area contributed by atoms with Gasteiger partial charge >= 0.3 is 5.97 Å². The van der Waals surface area contributed by atoms with Crippen LogP contribution in [0.4, 0.5) is 5.13 Å². The van der Waals surface area contributed by atoms with Crippen LogP contribution in [0.25, 0.3) is 11.3 Å². The summed E-state index contributed by atoms with van der Waals surface area (Å²) in [6, 6.07) is 7.34. The fourth-order valence-electron chi connectivity index (χ4n) is 2.70. The van der Waals surface area contributed by atoms with E-state index in [2.05, 4.69) is 10.3 Å². The number of aromatic nitrogens is 1. The van der Waals surface area contributed by atoms with E-state index in [1.165, 1.54) is 11.3 Å². The van der Waals surface area contributed by atoms with Crippen molar-refractivity contribution in [2.75, 3.05) is 5.32 Å². The van der Waals surface area contributed by atoms with E-state index < -0.39 is 17.8 Å². The number of carbonyl (C=O) groups is 2. The van der Waals surface area contributed by atoms with Crippen molar-refractivity contribution in [1.29, 1.82) is 0 Å². The second kappa shape index (κ2) is 7.15. The predicted molar refractivity (Wildman–Crippen MR) is 94.2 cm³/mol. The Labute approximate surface area is 148 Å². The zero-order valence-corrected chi connectivity index (χ0v) is 14.2. The van der Waals surface area contributed by atoms with E-state index in [9.17, 15) is 14.7 Å². The number of benzene rings is 1. The first-order valence-corrected chi connectivity index (χ1v) is 8.71. The molecule has 0 fully saturated rings. The summed E-state index contributed by atoms with van der Waals surface area (Å²) in [6.07, 6.45) is 4.45. The highest BCUT2D eigenvalue weighted by molar-refractivity contribution is 7.14. The standard InChI is InChI=1S/C17H15ClN2O3S/c18-13-8-4-3-7-12(13)14-9-24-17(19-14)20-15(21)10-5-1-2-6-11(10)16(22)23/h1-4,7-11H,5-6H2,(H,22,23)(H,19,20,21)/t10-,11-/m1/s1. The van der Waals surface area contributed by atoms with E-state index in [0.717, 1.165) is 5.56 Å². The number of nitrogens with zero attached hydrogens (tertiary/aromatic N) is 1. The molecule has 2 N–H and O–H groups in total. The first-order valence-electron chi connectivity index (χ1n) is 7.45. The molecule has 0 unspecified atom stereocenters. The number of halogens is 1. The van der Waals surface area contributed by atoms with E-state index in [4.69, 9.17) is 11.6 Å². The maximum atomic E-state index is 12.4. The van der Waals surface area contributed by atoms with Crippen molar-refractivity contribution < 1.29 is 14.7 Å². The van der Waals surface area contributed by atoms with Gasteiger partial charge in [0.1, 0.15) is 0 Å². The fraction of sp³-hybridized carbons (Fsp3) is 0.235. The number of anilines is 1. The Morgan fingerprint density at radius 3 is 2.62 bits per heavy atom. The van der Waals surface area contributed by atoms with Crippen LogP contribution in [0.15, 0.2) is 41.8 Å². The van der Waals surface area contributed by atoms with Crippen LogP contribution in [0, 0.1) is 11.8 Å². The average molecular weight is 363 g/mol. The Kier molecular flexibility index (Phi) is 4.97. The molecule has 0 saturated carbocycles. The highest BCUT2D eigenvalue weighted by Gasteiger charge is 2.34. The summed E-state index contributed by atoms with van der Waals surface area (Å²) < 4.78 is 0. The lowest BCUT2D eigenvalue weighted by molar-refractivity contribution is -0.146. The molecule has 1 aliphatic carbocycles. The highest BCUT2D eigenvalue weighted by atomic mass is 35.5. The van der Waals surface area contributed by atoms with Crippen LogP contribution >= 0.6 is 22.9 Å². The Morgan fingerprint density at radius 2 is 1.92 bits per heavy atom. The molecule has 0 radical (unpaired) electrons. The van der Waals surface area contributed by atoms with Gasteiger partial charge in [0.25, 0.3) is 0 Å². The van der Waals surface area contributed by atoms with Crippen LogP contribution in [0.3, 0.4) is 0 Å². The molecule has 1 amide bonds. The number of thiazole rings is 1. The lowest BCUT2D eigenvalue weighted by Gasteiger charge is -2.23. The lowest BCUT2D eigenvalue weighted by atomic mass is 9.82. The molecular formula is C17H15ClN2O3S. The molecule has 5 nitrogen and oxygen atoms in total. The van der Waals surface area contributed by atoms with Crippen molar-refractivity contribution in [3.05, 3.63) is 46.8 Å². The van der Waals surface area contributed by atoms with Crippen LogP contribution in [-0.2, 0) is 9.59 Å². The van der Waals surface area contributed by atoms with Gasteiger partial charge in [-0.1, -0.05) is 42.0 Å². The van der Waals surface area contributed by atoms with Gasteiger partial charge in [-0.3, -0.25) is 9.59 Å². The Bertz CT molecular complexity index is 803. The van der Waals surface area contributed by atoms with Gasteiger partial charge in [-0.25, -0.2) is 4.98 Å². The topological polar surface area (TPSA) is 79.3 Å². The van der Waals surface area contributed by atoms with E-state index in [-0.39, 0.29) is 5.91 Å². The third kappa shape index (κ3) is 3.49. The molecule has 1 heterocycles. The monoisotopic (exact) mass is 362 g/mol. The predicted octanol–water partition coefficient (Wildman–Crippen LogP) is 4.07. The molecule has 0 aliphatic heterocycles. The van der Waals surface area contributed by atoms with Gasteiger partial charge in [-0.2, -0.15) is 0 Å². The summed E-state index contributed by atoms with van der Waals surface area (Å²) in [5.41, 5.74) is 1.47. The lowest BCUT2D eigenvalue weighted by Crippen LogP contribution is -2.34. The number of amides is 1. The van der Waals surface area contributed by atoms with Crippen molar-refractivity contribution in [1.82, 2.24) is 4.98 Å². The maximum absolute atomic E-state index is 12.4. The van der Waals surface area contributed by atoms with Crippen molar-refractivity contribution in [3.8, 4) is 11.3 Å². The SMILES string of the molecule is O=C(O)[C@@H]1CC=CC[C@H]1C(=O)Nc1nc(-c2ccccc2Cl)cs1. The van der Waals surface area contributed by atoms with Crippen molar-refractivity contribution in [3.63, 3.8) is 0 Å². The minimum atomic E-state index is -0.949. The van der Waals surface area contributed by atoms with E-state index >= 15 is 0 Å². The van der Waals surface area contributed by atoms with Gasteiger partial charge in [0.15, 0.2) is 5.13 Å². The summed E-state index contributed by atoms with van der Waals surface area (Å²) in [5.74, 6) is -2.54. The number of hydrogen-bond donors (Lipinski definition) is 2. The van der Waals surface area contributed by atoms with Gasteiger partial charge < -0.3 is 10.4 Å². The number of aliphatic carboxylic acids is 1. The van der Waals surface area contributed by atoms with Gasteiger partial charge in [0, 0.05) is 16.0 Å². The fourth-order valence-corrected chi connectivity index (χ4v) is 3.64. The normalized spacial score (nSPS) is 19.9. The first kappa shape index (κ1) is 16.7. The zero-order valence-electron chi connectivity index (χ0n) is 12.6. The molecule has 24 heavy (non-hydrogen) atoms. The molecule has 1 aromatic heterocycles. The molecule has 0 saturated heterocycles. The Balaban J connectivity index is 1.75. The van der Waals surface area contributed by atoms with Crippen LogP contribution in [-0.4, -0.2) is 22.0 Å². The van der Waals surface area contributed by atoms with Crippen LogP contribution in [0.2, 0.25) is 5.02 Å². The smallest absolute Gasteiger partial charge is 0.307 e. The number of carboxylic acids is 1. The summed E-state index contributed by atoms with van der Waals surface area (Å²) in [6.45, 7) is 0. The molecule has 0 spiro atoms. The largest absolute Gasteiger partial charge is 0.481 e. The summed E-state index contributed by atoms with van der Waals surface area (Å²) in [5, 5.41) is 14.8. The molecule has 3 rings (SSSR count). The second-order valence-electron chi connectivity index (χ2n) is 5.50. The first-order chi connectivity index (χ1) is 11.6. The molecule has 0 bridgehead atoms. The third-order valence-electron chi connectivity index (χ3n) is 3.97. The molecule has 2 atom stereocenters. The van der Waals surface area contributed by atoms with Gasteiger partial charge in [-0.05, 0) is 18.9 Å². The molecule has 1 aliphatic rings. The quantitative estimate of drug-likeness (QED) is 0.803. The van der Waals surface area contributed by atoms with Crippen molar-refractivity contribution >= 4 is 39.9 Å². The minimum Gasteiger partial charge on any atom is -0.481 e. The van der Waals surface area contributed by atoms with Crippen LogP contribution in [0.5, 0.6) is 0 Å². The van der Waals surface area contributed by atoms with Gasteiger partial charge in [0.05, 0.1) is 17.5 Å². The van der Waals surface area contributed by atoms with Crippen molar-refractivity contribution in [2.24, 2.45) is 11.8 Å². The molecule has 7 heteroatoms. The van der Waals surface area contributed by atoms with Crippen LogP contribution < -0.4 is 5.32 Å². The maximum Gasteiger partial charge on any atom is 0.307 e.